The Morgan fingerprint density at radius 3 is 2.50 bits per heavy atom. The van der Waals surface area contributed by atoms with Gasteiger partial charge in [-0.25, -0.2) is 9.82 Å². The Bertz CT molecular complexity index is 974. The quantitative estimate of drug-likeness (QED) is 0.552. The monoisotopic (exact) mass is 350 g/mol. The molecular weight excluding hydrogens is 331 g/mol. The van der Waals surface area contributed by atoms with Crippen LogP contribution in [0.4, 0.5) is 4.39 Å². The van der Waals surface area contributed by atoms with E-state index in [-0.39, 0.29) is 5.82 Å². The lowest BCUT2D eigenvalue weighted by atomic mass is 10.0. The van der Waals surface area contributed by atoms with Crippen molar-refractivity contribution >= 4 is 11.6 Å². The number of amides is 1. The number of aryl methyl sites for hydroxylation is 2. The summed E-state index contributed by atoms with van der Waals surface area (Å²) in [7, 11) is 0. The van der Waals surface area contributed by atoms with Gasteiger partial charge in [0, 0.05) is 5.56 Å². The number of nitrogens with zero attached hydrogens (tertiary/aromatic N) is 2. The number of hydrogen-bond donors (Lipinski definition) is 2. The minimum atomic E-state index is -0.394. The molecule has 6 heteroatoms. The number of H-pyrrole nitrogens is 1. The van der Waals surface area contributed by atoms with Gasteiger partial charge in [0.05, 0.1) is 11.4 Å². The second kappa shape index (κ2) is 7.31. The molecule has 0 aliphatic carbocycles. The Morgan fingerprint density at radius 1 is 1.08 bits per heavy atom. The molecule has 0 atom stereocenters. The number of hydrogen-bond acceptors (Lipinski definition) is 3. The van der Waals surface area contributed by atoms with Crippen LogP contribution in [0, 0.1) is 19.7 Å². The molecule has 1 heterocycles. The molecule has 0 radical (unpaired) electrons. The minimum Gasteiger partial charge on any atom is -0.272 e. The molecule has 5 nitrogen and oxygen atoms in total. The van der Waals surface area contributed by atoms with Gasteiger partial charge in [-0.1, -0.05) is 24.3 Å². The van der Waals surface area contributed by atoms with Crippen molar-refractivity contribution in [1.29, 1.82) is 0 Å². The van der Waals surface area contributed by atoms with Crippen LogP contribution in [0.5, 0.6) is 0 Å². The Balaban J connectivity index is 1.72. The van der Waals surface area contributed by atoms with Crippen LogP contribution in [0.1, 0.15) is 34.1 Å². The number of aromatic nitrogens is 2. The molecule has 3 aromatic rings. The molecule has 0 aliphatic heterocycles. The Morgan fingerprint density at radius 2 is 1.81 bits per heavy atom. The lowest BCUT2D eigenvalue weighted by molar-refractivity contribution is 0.0950. The van der Waals surface area contributed by atoms with Gasteiger partial charge >= 0.3 is 0 Å². The third-order valence-corrected chi connectivity index (χ3v) is 4.21. The van der Waals surface area contributed by atoms with E-state index in [1.165, 1.54) is 17.7 Å². The first-order valence-electron chi connectivity index (χ1n) is 8.17. The van der Waals surface area contributed by atoms with Gasteiger partial charge in [0.1, 0.15) is 11.5 Å². The van der Waals surface area contributed by atoms with E-state index in [2.05, 4.69) is 20.7 Å². The average molecular weight is 350 g/mol. The van der Waals surface area contributed by atoms with Crippen molar-refractivity contribution in [3.8, 4) is 11.3 Å². The summed E-state index contributed by atoms with van der Waals surface area (Å²) in [5.41, 5.74) is 8.10. The molecule has 3 rings (SSSR count). The van der Waals surface area contributed by atoms with Crippen molar-refractivity contribution in [2.24, 2.45) is 5.10 Å². The molecule has 1 amide bonds. The number of rotatable bonds is 4. The molecule has 0 saturated carbocycles. The number of carbonyl (C=O) groups is 1. The maximum absolute atomic E-state index is 13.0. The van der Waals surface area contributed by atoms with Gasteiger partial charge in [-0.05, 0) is 61.7 Å². The zero-order chi connectivity index (χ0) is 18.7. The van der Waals surface area contributed by atoms with Crippen LogP contribution in [0.15, 0.2) is 53.6 Å². The highest BCUT2D eigenvalue weighted by Gasteiger charge is 2.11. The van der Waals surface area contributed by atoms with Crippen molar-refractivity contribution in [1.82, 2.24) is 15.6 Å². The molecule has 2 N–H and O–H groups in total. The van der Waals surface area contributed by atoms with Crippen LogP contribution in [0.3, 0.4) is 0 Å². The van der Waals surface area contributed by atoms with Crippen molar-refractivity contribution in [2.45, 2.75) is 20.8 Å². The summed E-state index contributed by atoms with van der Waals surface area (Å²) in [6, 6.07) is 13.6. The van der Waals surface area contributed by atoms with Crippen LogP contribution in [-0.4, -0.2) is 21.8 Å². The Kier molecular flexibility index (Phi) is 4.93. The van der Waals surface area contributed by atoms with Crippen LogP contribution >= 0.6 is 0 Å². The SMILES string of the molecule is CC(=NNC(=O)c1cc(-c2ccc(C)c(C)c2)n[nH]1)c1ccc(F)cc1. The molecule has 0 fully saturated rings. The van der Waals surface area contributed by atoms with Gasteiger partial charge in [0.2, 0.25) is 0 Å². The van der Waals surface area contributed by atoms with Crippen LogP contribution in [0.2, 0.25) is 0 Å². The second-order valence-corrected chi connectivity index (χ2v) is 6.11. The summed E-state index contributed by atoms with van der Waals surface area (Å²) in [5, 5.41) is 11.0. The van der Waals surface area contributed by atoms with Crippen molar-refractivity contribution in [3.05, 3.63) is 76.7 Å². The van der Waals surface area contributed by atoms with Crippen LogP contribution in [0.25, 0.3) is 11.3 Å². The molecule has 26 heavy (non-hydrogen) atoms. The predicted molar refractivity (Wildman–Crippen MR) is 99.6 cm³/mol. The fraction of sp³-hybridized carbons (Fsp3) is 0.150. The highest BCUT2D eigenvalue weighted by molar-refractivity contribution is 6.00. The van der Waals surface area contributed by atoms with E-state index in [9.17, 15) is 9.18 Å². The highest BCUT2D eigenvalue weighted by atomic mass is 19.1. The number of halogens is 1. The first-order chi connectivity index (χ1) is 12.4. The molecule has 0 spiro atoms. The summed E-state index contributed by atoms with van der Waals surface area (Å²) < 4.78 is 13.0. The third-order valence-electron chi connectivity index (χ3n) is 4.21. The second-order valence-electron chi connectivity index (χ2n) is 6.11. The van der Waals surface area contributed by atoms with E-state index in [1.54, 1.807) is 25.1 Å². The minimum absolute atomic E-state index is 0.314. The number of carbonyl (C=O) groups excluding carboxylic acids is 1. The van der Waals surface area contributed by atoms with E-state index in [0.717, 1.165) is 16.7 Å². The summed E-state index contributed by atoms with van der Waals surface area (Å²) in [6.45, 7) is 5.82. The molecule has 0 unspecified atom stereocenters. The molecule has 1 aromatic heterocycles. The largest absolute Gasteiger partial charge is 0.289 e. The van der Waals surface area contributed by atoms with E-state index in [1.807, 2.05) is 32.0 Å². The van der Waals surface area contributed by atoms with Gasteiger partial charge in [0.15, 0.2) is 0 Å². The fourth-order valence-electron chi connectivity index (χ4n) is 2.44. The summed E-state index contributed by atoms with van der Waals surface area (Å²) in [4.78, 5) is 12.3. The number of aromatic amines is 1. The molecule has 0 aliphatic rings. The van der Waals surface area contributed by atoms with Crippen LogP contribution < -0.4 is 5.43 Å². The number of nitrogens with one attached hydrogen (secondary N) is 2. The van der Waals surface area contributed by atoms with Crippen molar-refractivity contribution < 1.29 is 9.18 Å². The van der Waals surface area contributed by atoms with Gasteiger partial charge in [-0.3, -0.25) is 9.89 Å². The molecule has 2 aromatic carbocycles. The van der Waals surface area contributed by atoms with E-state index >= 15 is 0 Å². The van der Waals surface area contributed by atoms with Crippen LogP contribution in [-0.2, 0) is 0 Å². The van der Waals surface area contributed by atoms with Gasteiger partial charge in [-0.2, -0.15) is 10.2 Å². The highest BCUT2D eigenvalue weighted by Crippen LogP contribution is 2.20. The third kappa shape index (κ3) is 3.85. The van der Waals surface area contributed by atoms with Crippen molar-refractivity contribution in [2.75, 3.05) is 0 Å². The number of hydrazone groups is 1. The van der Waals surface area contributed by atoms with Gasteiger partial charge in [0.25, 0.3) is 5.91 Å². The molecule has 132 valence electrons. The maximum atomic E-state index is 13.0. The zero-order valence-electron chi connectivity index (χ0n) is 14.8. The van der Waals surface area contributed by atoms with E-state index in [4.69, 9.17) is 0 Å². The Labute approximate surface area is 151 Å². The zero-order valence-corrected chi connectivity index (χ0v) is 14.8. The van der Waals surface area contributed by atoms with E-state index in [0.29, 0.717) is 17.1 Å². The first kappa shape index (κ1) is 17.5. The standard InChI is InChI=1S/C20H19FN4O/c1-12-4-5-16(10-13(12)2)18-11-19(24-23-18)20(26)25-22-14(3)15-6-8-17(21)9-7-15/h4-11H,1-3H3,(H,23,24)(H,25,26). The first-order valence-corrected chi connectivity index (χ1v) is 8.17. The normalized spacial score (nSPS) is 11.5. The van der Waals surface area contributed by atoms with E-state index < -0.39 is 5.91 Å². The summed E-state index contributed by atoms with van der Waals surface area (Å²) in [6.07, 6.45) is 0. The molecular formula is C20H19FN4O. The molecule has 0 saturated heterocycles. The van der Waals surface area contributed by atoms with Gasteiger partial charge < -0.3 is 0 Å². The van der Waals surface area contributed by atoms with Crippen molar-refractivity contribution in [3.63, 3.8) is 0 Å². The number of benzene rings is 2. The predicted octanol–water partition coefficient (Wildman–Crippen LogP) is 3.99. The smallest absolute Gasteiger partial charge is 0.272 e. The maximum Gasteiger partial charge on any atom is 0.289 e. The fourth-order valence-corrected chi connectivity index (χ4v) is 2.44. The molecule has 0 bridgehead atoms. The lowest BCUT2D eigenvalue weighted by Crippen LogP contribution is -2.19. The summed E-state index contributed by atoms with van der Waals surface area (Å²) >= 11 is 0. The summed E-state index contributed by atoms with van der Waals surface area (Å²) in [5.74, 6) is -0.712. The lowest BCUT2D eigenvalue weighted by Gasteiger charge is -2.02. The van der Waals surface area contributed by atoms with Gasteiger partial charge in [-0.15, -0.1) is 0 Å². The average Bonchev–Trinajstić information content (AvgIpc) is 3.12. The Hall–Kier alpha value is -3.28. The topological polar surface area (TPSA) is 70.1 Å².